The number of nitrogens with zero attached hydrogens (tertiary/aromatic N) is 2. The Hall–Kier alpha value is -2.74. The Morgan fingerprint density at radius 3 is 2.44 bits per heavy atom. The number of carbonyl (C=O) groups excluding carboxylic acids is 1. The highest BCUT2D eigenvalue weighted by Crippen LogP contribution is 2.27. The number of hydrogen-bond donors (Lipinski definition) is 1. The van der Waals surface area contributed by atoms with Crippen molar-refractivity contribution in [2.75, 3.05) is 25.0 Å². The number of halogens is 2. The summed E-state index contributed by atoms with van der Waals surface area (Å²) in [5.74, 6) is -0.564. The number of anilines is 1. The lowest BCUT2D eigenvalue weighted by Crippen LogP contribution is -2.36. The number of rotatable bonds is 15. The van der Waals surface area contributed by atoms with Crippen molar-refractivity contribution in [1.82, 2.24) is 9.88 Å². The fourth-order valence-electron chi connectivity index (χ4n) is 4.08. The molecule has 8 heteroatoms. The largest absolute Gasteiger partial charge is 0.494 e. The van der Waals surface area contributed by atoms with Crippen LogP contribution in [-0.4, -0.2) is 35.6 Å². The van der Waals surface area contributed by atoms with Gasteiger partial charge in [0.05, 0.1) is 27.5 Å². The van der Waals surface area contributed by atoms with Gasteiger partial charge in [-0.15, -0.1) is 11.3 Å². The second kappa shape index (κ2) is 14.7. The van der Waals surface area contributed by atoms with Gasteiger partial charge in [0.25, 0.3) is 0 Å². The molecule has 2 aromatic carbocycles. The van der Waals surface area contributed by atoms with Crippen molar-refractivity contribution < 1.29 is 18.3 Å². The highest BCUT2D eigenvalue weighted by atomic mass is 32.1. The first-order chi connectivity index (χ1) is 17.5. The molecule has 1 N–H and O–H groups in total. The summed E-state index contributed by atoms with van der Waals surface area (Å²) in [5.41, 5.74) is 0.998. The quantitative estimate of drug-likeness (QED) is 0.207. The molecule has 196 valence electrons. The van der Waals surface area contributed by atoms with Gasteiger partial charge in [0.15, 0.2) is 0 Å². The van der Waals surface area contributed by atoms with Crippen molar-refractivity contribution in [2.24, 2.45) is 0 Å². The predicted molar refractivity (Wildman–Crippen MR) is 144 cm³/mol. The molecule has 0 aliphatic heterocycles. The Bertz CT molecular complexity index is 1110. The zero-order valence-electron chi connectivity index (χ0n) is 21.3. The van der Waals surface area contributed by atoms with Crippen LogP contribution in [0.3, 0.4) is 0 Å². The van der Waals surface area contributed by atoms with Crippen LogP contribution in [-0.2, 0) is 6.42 Å². The molecule has 5 nitrogen and oxygen atoms in total. The average molecular weight is 518 g/mol. The van der Waals surface area contributed by atoms with Gasteiger partial charge in [-0.25, -0.2) is 18.6 Å². The normalized spacial score (nSPS) is 11.1. The smallest absolute Gasteiger partial charge is 0.321 e. The topological polar surface area (TPSA) is 54.5 Å². The first-order valence-electron chi connectivity index (χ1n) is 13.0. The van der Waals surface area contributed by atoms with E-state index in [1.54, 1.807) is 16.2 Å². The molecule has 0 spiro atoms. The van der Waals surface area contributed by atoms with Gasteiger partial charge in [-0.3, -0.25) is 0 Å². The van der Waals surface area contributed by atoms with Crippen LogP contribution in [0.2, 0.25) is 0 Å². The third-order valence-electron chi connectivity index (χ3n) is 6.03. The molecule has 1 heterocycles. The highest BCUT2D eigenvalue weighted by molar-refractivity contribution is 7.18. The minimum atomic E-state index is -0.768. The number of aromatic nitrogens is 1. The van der Waals surface area contributed by atoms with Crippen LogP contribution in [0.4, 0.5) is 19.3 Å². The lowest BCUT2D eigenvalue weighted by molar-refractivity contribution is 0.209. The Morgan fingerprint density at radius 1 is 0.972 bits per heavy atom. The van der Waals surface area contributed by atoms with Gasteiger partial charge in [-0.05, 0) is 62.9 Å². The molecule has 0 radical (unpaired) electrons. The summed E-state index contributed by atoms with van der Waals surface area (Å²) in [4.78, 5) is 19.3. The number of hydrogen-bond acceptors (Lipinski definition) is 4. The van der Waals surface area contributed by atoms with E-state index < -0.39 is 11.6 Å². The van der Waals surface area contributed by atoms with Crippen molar-refractivity contribution in [1.29, 1.82) is 0 Å². The number of amides is 2. The predicted octanol–water partition coefficient (Wildman–Crippen LogP) is 8.19. The van der Waals surface area contributed by atoms with E-state index in [2.05, 4.69) is 12.2 Å². The van der Waals surface area contributed by atoms with Crippen molar-refractivity contribution in [3.05, 3.63) is 53.0 Å². The van der Waals surface area contributed by atoms with Crippen LogP contribution in [0.5, 0.6) is 5.75 Å². The Labute approximate surface area is 216 Å². The maximum atomic E-state index is 14.0. The van der Waals surface area contributed by atoms with Gasteiger partial charge in [0.2, 0.25) is 0 Å². The van der Waals surface area contributed by atoms with Crippen molar-refractivity contribution >= 4 is 33.3 Å². The zero-order valence-corrected chi connectivity index (χ0v) is 22.1. The summed E-state index contributed by atoms with van der Waals surface area (Å²) < 4.78 is 34.0. The monoisotopic (exact) mass is 517 g/mol. The minimum Gasteiger partial charge on any atom is -0.494 e. The van der Waals surface area contributed by atoms with Gasteiger partial charge in [0, 0.05) is 19.2 Å². The number of ether oxygens (including phenoxy) is 1. The fraction of sp³-hybridized carbons (Fsp3) is 0.500. The van der Waals surface area contributed by atoms with Crippen molar-refractivity contribution in [3.8, 4) is 5.75 Å². The lowest BCUT2D eigenvalue weighted by Gasteiger charge is -2.23. The summed E-state index contributed by atoms with van der Waals surface area (Å²) in [5, 5.41) is 3.72. The zero-order chi connectivity index (χ0) is 25.8. The molecule has 3 aromatic rings. The van der Waals surface area contributed by atoms with Crippen molar-refractivity contribution in [3.63, 3.8) is 0 Å². The number of aryl methyl sites for hydroxylation is 1. The fourth-order valence-corrected chi connectivity index (χ4v) is 5.12. The van der Waals surface area contributed by atoms with E-state index in [9.17, 15) is 13.6 Å². The van der Waals surface area contributed by atoms with E-state index in [1.807, 2.05) is 25.1 Å². The second-order valence-corrected chi connectivity index (χ2v) is 10.1. The van der Waals surface area contributed by atoms with Crippen LogP contribution in [0.15, 0.2) is 36.4 Å². The number of nitrogens with one attached hydrogen (secondary N) is 1. The van der Waals surface area contributed by atoms with Crippen molar-refractivity contribution in [2.45, 2.75) is 71.6 Å². The van der Waals surface area contributed by atoms with Crippen LogP contribution in [0.25, 0.3) is 10.2 Å². The number of urea groups is 1. The van der Waals surface area contributed by atoms with Gasteiger partial charge >= 0.3 is 6.03 Å². The molecule has 0 aliphatic carbocycles. The maximum Gasteiger partial charge on any atom is 0.321 e. The molecule has 0 unspecified atom stereocenters. The molecule has 36 heavy (non-hydrogen) atoms. The SMILES string of the molecule is CCCCCCCN(CCCCCc1nc2ccc(OCC)cc2s1)C(=O)Nc1ccc(F)cc1F. The number of carbonyl (C=O) groups is 1. The highest BCUT2D eigenvalue weighted by Gasteiger charge is 2.15. The number of benzene rings is 2. The minimum absolute atomic E-state index is 0.000660. The molecule has 1 aromatic heterocycles. The summed E-state index contributed by atoms with van der Waals surface area (Å²) in [6.07, 6.45) is 9.16. The van der Waals surface area contributed by atoms with Gasteiger partial charge in [-0.1, -0.05) is 39.0 Å². The molecule has 0 aliphatic rings. The average Bonchev–Trinajstić information content (AvgIpc) is 3.26. The summed E-state index contributed by atoms with van der Waals surface area (Å²) in [7, 11) is 0. The third kappa shape index (κ3) is 8.73. The molecule has 0 fully saturated rings. The van der Waals surface area contributed by atoms with E-state index in [0.717, 1.165) is 84.5 Å². The van der Waals surface area contributed by atoms with E-state index >= 15 is 0 Å². The Balaban J connectivity index is 1.48. The number of fused-ring (bicyclic) bond motifs is 1. The Morgan fingerprint density at radius 2 is 1.72 bits per heavy atom. The van der Waals surface area contributed by atoms with Crippen LogP contribution in [0.1, 0.15) is 70.2 Å². The van der Waals surface area contributed by atoms with E-state index in [4.69, 9.17) is 9.72 Å². The van der Waals surface area contributed by atoms with Crippen LogP contribution >= 0.6 is 11.3 Å². The van der Waals surface area contributed by atoms with E-state index in [0.29, 0.717) is 19.7 Å². The summed E-state index contributed by atoms with van der Waals surface area (Å²) in [6, 6.07) is 8.85. The van der Waals surface area contributed by atoms with Gasteiger partial charge in [0.1, 0.15) is 17.4 Å². The van der Waals surface area contributed by atoms with Gasteiger partial charge < -0.3 is 15.0 Å². The molecular formula is C28H37F2N3O2S. The maximum absolute atomic E-state index is 14.0. The van der Waals surface area contributed by atoms with E-state index in [-0.39, 0.29) is 11.7 Å². The summed E-state index contributed by atoms with van der Waals surface area (Å²) >= 11 is 1.70. The number of thiazole rings is 1. The van der Waals surface area contributed by atoms with E-state index in [1.165, 1.54) is 12.5 Å². The molecule has 0 saturated heterocycles. The number of unbranched alkanes of at least 4 members (excludes halogenated alkanes) is 6. The van der Waals surface area contributed by atoms with Crippen LogP contribution in [0, 0.1) is 11.6 Å². The summed E-state index contributed by atoms with van der Waals surface area (Å²) in [6.45, 7) is 6.01. The first-order valence-corrected chi connectivity index (χ1v) is 13.8. The van der Waals surface area contributed by atoms with Gasteiger partial charge in [-0.2, -0.15) is 0 Å². The van der Waals surface area contributed by atoms with Crippen LogP contribution < -0.4 is 10.1 Å². The molecule has 0 atom stereocenters. The second-order valence-electron chi connectivity index (χ2n) is 8.94. The molecular weight excluding hydrogens is 480 g/mol. The molecule has 3 rings (SSSR count). The molecule has 2 amide bonds. The first kappa shape index (κ1) is 27.8. The molecule has 0 saturated carbocycles. The standard InChI is InChI=1S/C28H37F2N3O2S/c1-3-5-6-7-10-17-33(28(34)32-24-15-13-21(29)19-23(24)30)18-11-8-9-12-27-31-25-16-14-22(35-4-2)20-26(25)36-27/h13-16,19-20H,3-12,17-18H2,1-2H3,(H,32,34). The Kier molecular flexibility index (Phi) is 11.4. The molecule has 0 bridgehead atoms. The third-order valence-corrected chi connectivity index (χ3v) is 7.10. The lowest BCUT2D eigenvalue weighted by atomic mass is 10.1.